The molecule has 142 heavy (non-hydrogen) atoms. The monoisotopic (exact) mass is 1810 g/mol. The fraction of sp³-hybridized carbons (Fsp3) is 0. The minimum Gasteiger partial charge on any atom is -0.311 e. The van der Waals surface area contributed by atoms with Gasteiger partial charge in [-0.1, -0.05) is 352 Å². The van der Waals surface area contributed by atoms with Crippen LogP contribution in [0, 0.1) is 0 Å². The van der Waals surface area contributed by atoms with Gasteiger partial charge in [0.25, 0.3) is 0 Å². The lowest BCUT2D eigenvalue weighted by atomic mass is 10.0. The largest absolute Gasteiger partial charge is 0.311 e. The predicted molar refractivity (Wildman–Crippen MR) is 605 cm³/mol. The highest BCUT2D eigenvalue weighted by Gasteiger charge is 2.24. The lowest BCUT2D eigenvalue weighted by molar-refractivity contribution is 1.17. The summed E-state index contributed by atoms with van der Waals surface area (Å²) >= 11 is 0. The SMILES string of the molecule is c1ccc(N(c2ccc(-c3ccc4ccccc4c3)cc2)c2ccc(-n3c4cc5ccccc5cc4c4c5ccccc5ccc43)cc2)cc1.c1ccc(N(c2ccc(-c3ccc4ccccc4c3)cc2)c2ccc(-n3c4ccccc4c4cc5ccccc5cc43)cc2)cc1.c1ccc(N(c2ccc(-c3ccc4ccccc4c3)cc2)c2ccc(-n3c4ccccc4c4ccc5ccccc5c43)cc2)cc1. The van der Waals surface area contributed by atoms with E-state index in [0.29, 0.717) is 0 Å². The second kappa shape index (κ2) is 36.0. The Bertz CT molecular complexity index is 9610. The molecule has 25 aromatic carbocycles. The fourth-order valence-electron chi connectivity index (χ4n) is 21.5. The minimum atomic E-state index is 1.11. The first-order valence-electron chi connectivity index (χ1n) is 48.7. The van der Waals surface area contributed by atoms with E-state index in [1.54, 1.807) is 0 Å². The molecular weight excluding hydrogens is 1720 g/mol. The molecular formula is C136H92N6. The van der Waals surface area contributed by atoms with Crippen LogP contribution in [0.1, 0.15) is 0 Å². The molecule has 6 nitrogen and oxygen atoms in total. The van der Waals surface area contributed by atoms with E-state index >= 15 is 0 Å². The molecule has 0 fully saturated rings. The highest BCUT2D eigenvalue weighted by Crippen LogP contribution is 2.47. The normalized spacial score (nSPS) is 11.5. The smallest absolute Gasteiger partial charge is 0.0619 e. The number of aromatic nitrogens is 3. The van der Waals surface area contributed by atoms with E-state index in [9.17, 15) is 0 Å². The number of nitrogens with zero attached hydrogens (tertiary/aromatic N) is 6. The van der Waals surface area contributed by atoms with Gasteiger partial charge in [-0.2, -0.15) is 0 Å². The third kappa shape index (κ3) is 15.4. The minimum absolute atomic E-state index is 1.11. The van der Waals surface area contributed by atoms with Crippen LogP contribution in [0.15, 0.2) is 558 Å². The summed E-state index contributed by atoms with van der Waals surface area (Å²) in [6.07, 6.45) is 0. The Morgan fingerprint density at radius 3 is 0.775 bits per heavy atom. The van der Waals surface area contributed by atoms with Gasteiger partial charge in [-0.25, -0.2) is 0 Å². The van der Waals surface area contributed by atoms with Gasteiger partial charge in [-0.3, -0.25) is 0 Å². The molecule has 0 bridgehead atoms. The zero-order valence-corrected chi connectivity index (χ0v) is 77.8. The van der Waals surface area contributed by atoms with Crippen LogP contribution in [-0.4, -0.2) is 13.7 Å². The highest BCUT2D eigenvalue weighted by molar-refractivity contribution is 6.24. The van der Waals surface area contributed by atoms with E-state index in [0.717, 1.165) is 68.2 Å². The van der Waals surface area contributed by atoms with Crippen molar-refractivity contribution in [3.8, 4) is 50.4 Å². The summed E-state index contributed by atoms with van der Waals surface area (Å²) in [6.45, 7) is 0. The number of fused-ring (bicyclic) bond motifs is 18. The number of hydrogen-bond acceptors (Lipinski definition) is 3. The summed E-state index contributed by atoms with van der Waals surface area (Å²) in [5.74, 6) is 0. The first-order valence-corrected chi connectivity index (χ1v) is 48.7. The highest BCUT2D eigenvalue weighted by atomic mass is 15.2. The molecule has 0 unspecified atom stereocenters. The number of anilines is 9. The first-order chi connectivity index (χ1) is 70.4. The van der Waals surface area contributed by atoms with Gasteiger partial charge in [0.05, 0.1) is 33.1 Å². The molecule has 0 radical (unpaired) electrons. The number of rotatable bonds is 15. The molecule has 0 aliphatic heterocycles. The molecule has 3 heterocycles. The molecule has 0 saturated carbocycles. The average Bonchev–Trinajstić information content (AvgIpc) is 1.58. The molecule has 0 saturated heterocycles. The average molecular weight is 1810 g/mol. The summed E-state index contributed by atoms with van der Waals surface area (Å²) < 4.78 is 7.24. The summed E-state index contributed by atoms with van der Waals surface area (Å²) in [5.41, 5.74) is 28.1. The Labute approximate surface area is 823 Å². The van der Waals surface area contributed by atoms with Gasteiger partial charge in [0.15, 0.2) is 0 Å². The molecule has 0 spiro atoms. The standard InChI is InChI=1S/C48H32N2.2C44H30N2/c1-2-15-40(16-3-1)49(41-23-20-34(21-24-41)39-19-18-33-10-4-5-12-36(33)30-39)42-25-27-43(28-26-42)50-46-29-22-35-11-8-9-17-44(35)48(46)45-31-37-13-6-7-14-38(37)32-47(45)50;1-2-13-36(14-3-1)45(37-23-20-32(21-24-37)35-19-18-31-10-4-5-12-34(31)30-35)38-25-27-39(28-26-38)46-43-17-9-8-16-41(43)42-29-22-33-11-6-7-15-40(33)44(42)46;1-2-14-37(15-3-1)45(38-22-20-32(21-23-38)36-19-18-31-10-4-5-11-33(31)28-36)39-24-26-40(27-25-39)46-43-17-9-8-16-41(43)42-29-34-12-6-7-13-35(34)30-44(42)46/h1-32H;2*1-30H. The van der Waals surface area contributed by atoms with Gasteiger partial charge < -0.3 is 28.4 Å². The summed E-state index contributed by atoms with van der Waals surface area (Å²) in [4.78, 5) is 6.99. The maximum Gasteiger partial charge on any atom is 0.0619 e. The van der Waals surface area contributed by atoms with Crippen molar-refractivity contribution >= 4 is 192 Å². The van der Waals surface area contributed by atoms with Crippen LogP contribution in [0.4, 0.5) is 51.2 Å². The van der Waals surface area contributed by atoms with Crippen molar-refractivity contribution in [3.05, 3.63) is 558 Å². The number of para-hydroxylation sites is 5. The third-order valence-corrected chi connectivity index (χ3v) is 28.4. The van der Waals surface area contributed by atoms with Crippen molar-refractivity contribution in [1.29, 1.82) is 0 Å². The van der Waals surface area contributed by atoms with Gasteiger partial charge >= 0.3 is 0 Å². The lowest BCUT2D eigenvalue weighted by Gasteiger charge is -2.26. The van der Waals surface area contributed by atoms with E-state index in [2.05, 4.69) is 587 Å². The van der Waals surface area contributed by atoms with Crippen LogP contribution in [-0.2, 0) is 0 Å². The molecule has 0 aliphatic rings. The predicted octanol–water partition coefficient (Wildman–Crippen LogP) is 37.8. The van der Waals surface area contributed by atoms with E-state index in [1.165, 1.54) is 174 Å². The van der Waals surface area contributed by atoms with E-state index in [1.807, 2.05) is 0 Å². The van der Waals surface area contributed by atoms with E-state index in [-0.39, 0.29) is 0 Å². The zero-order chi connectivity index (χ0) is 93.9. The van der Waals surface area contributed by atoms with Gasteiger partial charge in [-0.05, 0) is 310 Å². The first kappa shape index (κ1) is 83.7. The van der Waals surface area contributed by atoms with E-state index < -0.39 is 0 Å². The number of benzene rings is 25. The molecule has 28 aromatic rings. The maximum atomic E-state index is 2.43. The Morgan fingerprint density at radius 2 is 0.373 bits per heavy atom. The number of hydrogen-bond donors (Lipinski definition) is 0. The van der Waals surface area contributed by atoms with Crippen LogP contribution in [0.25, 0.3) is 191 Å². The fourth-order valence-corrected chi connectivity index (χ4v) is 21.5. The maximum absolute atomic E-state index is 2.43. The quantitative estimate of drug-likeness (QED) is 0.102. The molecule has 6 heteroatoms. The van der Waals surface area contributed by atoms with E-state index in [4.69, 9.17) is 0 Å². The van der Waals surface area contributed by atoms with Gasteiger partial charge in [0, 0.05) is 106 Å². The van der Waals surface area contributed by atoms with Crippen LogP contribution in [0.2, 0.25) is 0 Å². The van der Waals surface area contributed by atoms with Gasteiger partial charge in [-0.15, -0.1) is 0 Å². The van der Waals surface area contributed by atoms with Crippen molar-refractivity contribution < 1.29 is 0 Å². The van der Waals surface area contributed by atoms with Crippen LogP contribution in [0.5, 0.6) is 0 Å². The van der Waals surface area contributed by atoms with Crippen molar-refractivity contribution in [2.75, 3.05) is 14.7 Å². The Morgan fingerprint density at radius 1 is 0.120 bits per heavy atom. The van der Waals surface area contributed by atoms with Crippen molar-refractivity contribution in [2.45, 2.75) is 0 Å². The second-order valence-corrected chi connectivity index (χ2v) is 36.7. The molecule has 0 amide bonds. The Hall–Kier alpha value is -18.9. The van der Waals surface area contributed by atoms with Crippen molar-refractivity contribution in [1.82, 2.24) is 13.7 Å². The van der Waals surface area contributed by atoms with Gasteiger partial charge in [0.1, 0.15) is 0 Å². The topological polar surface area (TPSA) is 24.5 Å². The molecule has 28 rings (SSSR count). The molecule has 0 N–H and O–H groups in total. The summed E-state index contributed by atoms with van der Waals surface area (Å²) in [6, 6.07) is 202. The van der Waals surface area contributed by atoms with Gasteiger partial charge in [0.2, 0.25) is 0 Å². The molecule has 3 aromatic heterocycles. The lowest BCUT2D eigenvalue weighted by Crippen LogP contribution is -2.10. The molecule has 666 valence electrons. The third-order valence-electron chi connectivity index (χ3n) is 28.4. The molecule has 0 aliphatic carbocycles. The Balaban J connectivity index is 0.000000109. The second-order valence-electron chi connectivity index (χ2n) is 36.7. The van der Waals surface area contributed by atoms with Crippen LogP contribution < -0.4 is 14.7 Å². The summed E-state index contributed by atoms with van der Waals surface area (Å²) in [5, 5.41) is 25.3. The van der Waals surface area contributed by atoms with Crippen molar-refractivity contribution in [2.24, 2.45) is 0 Å². The molecule has 0 atom stereocenters. The Kier molecular flexibility index (Phi) is 21.2. The zero-order valence-electron chi connectivity index (χ0n) is 77.8. The summed E-state index contributed by atoms with van der Waals surface area (Å²) in [7, 11) is 0. The van der Waals surface area contributed by atoms with Crippen LogP contribution >= 0.6 is 0 Å². The van der Waals surface area contributed by atoms with Crippen LogP contribution in [0.3, 0.4) is 0 Å². The van der Waals surface area contributed by atoms with Crippen molar-refractivity contribution in [3.63, 3.8) is 0 Å².